The fourth-order valence-electron chi connectivity index (χ4n) is 3.81. The molecule has 0 spiro atoms. The predicted octanol–water partition coefficient (Wildman–Crippen LogP) is 4.10. The van der Waals surface area contributed by atoms with Crippen molar-refractivity contribution >= 4 is 23.5 Å². The first kappa shape index (κ1) is 22.3. The van der Waals surface area contributed by atoms with Gasteiger partial charge in [0, 0.05) is 23.7 Å². The molecule has 1 unspecified atom stereocenters. The standard InChI is InChI=1S/C25H28N2O4/c1-5-31-25(30)24-18(4)27(23(29)14-21(24)19-9-7-6-8-10-19)15-22(28)26-20-12-11-16(2)17(3)13-20/h6-13,21H,5,14-15H2,1-4H3,(H,26,28). The zero-order valence-electron chi connectivity index (χ0n) is 18.4. The van der Waals surface area contributed by atoms with E-state index in [4.69, 9.17) is 4.74 Å². The molecule has 3 rings (SSSR count). The van der Waals surface area contributed by atoms with Gasteiger partial charge in [-0.25, -0.2) is 4.79 Å². The Bertz CT molecular complexity index is 1030. The predicted molar refractivity (Wildman–Crippen MR) is 119 cm³/mol. The molecule has 0 fully saturated rings. The van der Waals surface area contributed by atoms with Gasteiger partial charge in [0.15, 0.2) is 0 Å². The highest BCUT2D eigenvalue weighted by Crippen LogP contribution is 2.36. The van der Waals surface area contributed by atoms with Gasteiger partial charge in [0.05, 0.1) is 12.2 Å². The van der Waals surface area contributed by atoms with Crippen LogP contribution in [0.5, 0.6) is 0 Å². The summed E-state index contributed by atoms with van der Waals surface area (Å²) in [6.07, 6.45) is 0.104. The van der Waals surface area contributed by atoms with E-state index in [-0.39, 0.29) is 31.4 Å². The van der Waals surface area contributed by atoms with Crippen molar-refractivity contribution in [3.8, 4) is 0 Å². The van der Waals surface area contributed by atoms with Gasteiger partial charge in [0.2, 0.25) is 11.8 Å². The molecule has 31 heavy (non-hydrogen) atoms. The van der Waals surface area contributed by atoms with E-state index in [1.54, 1.807) is 13.8 Å². The van der Waals surface area contributed by atoms with Gasteiger partial charge in [-0.1, -0.05) is 36.4 Å². The van der Waals surface area contributed by atoms with Crippen LogP contribution in [0.3, 0.4) is 0 Å². The van der Waals surface area contributed by atoms with Crippen molar-refractivity contribution in [1.29, 1.82) is 0 Å². The highest BCUT2D eigenvalue weighted by Gasteiger charge is 2.37. The van der Waals surface area contributed by atoms with Gasteiger partial charge in [-0.15, -0.1) is 0 Å². The number of rotatable bonds is 6. The number of esters is 1. The Hall–Kier alpha value is -3.41. The minimum Gasteiger partial charge on any atom is -0.463 e. The van der Waals surface area contributed by atoms with Crippen LogP contribution in [0.15, 0.2) is 59.8 Å². The van der Waals surface area contributed by atoms with E-state index in [1.165, 1.54) is 4.90 Å². The highest BCUT2D eigenvalue weighted by molar-refractivity contribution is 5.99. The van der Waals surface area contributed by atoms with E-state index < -0.39 is 11.9 Å². The van der Waals surface area contributed by atoms with Crippen LogP contribution in [0.1, 0.15) is 42.9 Å². The van der Waals surface area contributed by atoms with Gasteiger partial charge in [-0.3, -0.25) is 9.59 Å². The summed E-state index contributed by atoms with van der Waals surface area (Å²) in [4.78, 5) is 39.8. The number of carbonyl (C=O) groups is 3. The van der Waals surface area contributed by atoms with Crippen LogP contribution in [0, 0.1) is 13.8 Å². The van der Waals surface area contributed by atoms with E-state index in [0.717, 1.165) is 16.7 Å². The maximum Gasteiger partial charge on any atom is 0.336 e. The maximum atomic E-state index is 13.0. The van der Waals surface area contributed by atoms with Crippen molar-refractivity contribution in [3.05, 3.63) is 76.5 Å². The molecule has 0 saturated heterocycles. The number of benzene rings is 2. The molecule has 1 aliphatic heterocycles. The second-order valence-corrected chi connectivity index (χ2v) is 7.71. The lowest BCUT2D eigenvalue weighted by molar-refractivity contribution is -0.140. The normalized spacial score (nSPS) is 16.3. The summed E-state index contributed by atoms with van der Waals surface area (Å²) in [5.41, 5.74) is 4.63. The largest absolute Gasteiger partial charge is 0.463 e. The number of aryl methyl sites for hydroxylation is 2. The second kappa shape index (κ2) is 9.60. The number of ether oxygens (including phenoxy) is 1. The molecule has 0 aromatic heterocycles. The molecule has 0 bridgehead atoms. The summed E-state index contributed by atoms with van der Waals surface area (Å²) in [5.74, 6) is -1.38. The number of hydrogen-bond donors (Lipinski definition) is 1. The number of nitrogens with zero attached hydrogens (tertiary/aromatic N) is 1. The third-order valence-corrected chi connectivity index (χ3v) is 5.61. The number of carbonyl (C=O) groups excluding carboxylic acids is 3. The summed E-state index contributed by atoms with van der Waals surface area (Å²) in [6.45, 7) is 7.49. The number of hydrogen-bond acceptors (Lipinski definition) is 4. The third-order valence-electron chi connectivity index (χ3n) is 5.61. The molecule has 0 aliphatic carbocycles. The Morgan fingerprint density at radius 3 is 2.42 bits per heavy atom. The molecule has 6 nitrogen and oxygen atoms in total. The zero-order chi connectivity index (χ0) is 22.5. The quantitative estimate of drug-likeness (QED) is 0.714. The Kier molecular flexibility index (Phi) is 6.90. The fourth-order valence-corrected chi connectivity index (χ4v) is 3.81. The molecule has 2 aromatic rings. The second-order valence-electron chi connectivity index (χ2n) is 7.71. The lowest BCUT2D eigenvalue weighted by Gasteiger charge is -2.34. The van der Waals surface area contributed by atoms with Gasteiger partial charge in [0.1, 0.15) is 6.54 Å². The molecule has 1 atom stereocenters. The van der Waals surface area contributed by atoms with E-state index in [9.17, 15) is 14.4 Å². The highest BCUT2D eigenvalue weighted by atomic mass is 16.5. The molecule has 1 N–H and O–H groups in total. The number of anilines is 1. The molecule has 162 valence electrons. The fraction of sp³-hybridized carbons (Fsp3) is 0.320. The van der Waals surface area contributed by atoms with Crippen molar-refractivity contribution in [2.24, 2.45) is 0 Å². The summed E-state index contributed by atoms with van der Waals surface area (Å²) in [5, 5.41) is 2.84. The minimum absolute atomic E-state index is 0.104. The lowest BCUT2D eigenvalue weighted by Crippen LogP contribution is -2.42. The summed E-state index contributed by atoms with van der Waals surface area (Å²) in [7, 11) is 0. The number of nitrogens with one attached hydrogen (secondary N) is 1. The molecule has 6 heteroatoms. The van der Waals surface area contributed by atoms with Crippen molar-refractivity contribution in [2.75, 3.05) is 18.5 Å². The zero-order valence-corrected chi connectivity index (χ0v) is 18.4. The molecular formula is C25H28N2O4. The molecule has 1 aliphatic rings. The van der Waals surface area contributed by atoms with Crippen LogP contribution < -0.4 is 5.32 Å². The monoisotopic (exact) mass is 420 g/mol. The Labute approximate surface area is 182 Å². The SMILES string of the molecule is CCOC(=O)C1=C(C)N(CC(=O)Nc2ccc(C)c(C)c2)C(=O)CC1c1ccccc1. The van der Waals surface area contributed by atoms with Crippen molar-refractivity contribution in [2.45, 2.75) is 40.0 Å². The molecule has 0 saturated carbocycles. The molecule has 2 aromatic carbocycles. The van der Waals surface area contributed by atoms with E-state index in [0.29, 0.717) is 17.0 Å². The first-order valence-corrected chi connectivity index (χ1v) is 10.4. The van der Waals surface area contributed by atoms with E-state index in [1.807, 2.05) is 62.4 Å². The Balaban J connectivity index is 1.88. The van der Waals surface area contributed by atoms with Crippen LogP contribution in [-0.2, 0) is 19.1 Å². The van der Waals surface area contributed by atoms with Crippen LogP contribution in [0.25, 0.3) is 0 Å². The molecule has 0 radical (unpaired) electrons. The van der Waals surface area contributed by atoms with E-state index >= 15 is 0 Å². The van der Waals surface area contributed by atoms with Crippen molar-refractivity contribution in [3.63, 3.8) is 0 Å². The first-order valence-electron chi connectivity index (χ1n) is 10.4. The van der Waals surface area contributed by atoms with Gasteiger partial charge >= 0.3 is 5.97 Å². The van der Waals surface area contributed by atoms with Crippen LogP contribution in [0.4, 0.5) is 5.69 Å². The summed E-state index contributed by atoms with van der Waals surface area (Å²) in [6, 6.07) is 15.1. The summed E-state index contributed by atoms with van der Waals surface area (Å²) >= 11 is 0. The van der Waals surface area contributed by atoms with Crippen LogP contribution in [-0.4, -0.2) is 35.8 Å². The van der Waals surface area contributed by atoms with Gasteiger partial charge < -0.3 is 15.0 Å². The average molecular weight is 421 g/mol. The third kappa shape index (κ3) is 5.02. The van der Waals surface area contributed by atoms with Gasteiger partial charge in [-0.2, -0.15) is 0 Å². The lowest BCUT2D eigenvalue weighted by atomic mass is 9.83. The molecule has 2 amide bonds. The van der Waals surface area contributed by atoms with Crippen LogP contribution >= 0.6 is 0 Å². The first-order chi connectivity index (χ1) is 14.8. The summed E-state index contributed by atoms with van der Waals surface area (Å²) < 4.78 is 5.28. The molecule has 1 heterocycles. The Morgan fingerprint density at radius 1 is 1.06 bits per heavy atom. The maximum absolute atomic E-state index is 13.0. The smallest absolute Gasteiger partial charge is 0.336 e. The van der Waals surface area contributed by atoms with Crippen LogP contribution in [0.2, 0.25) is 0 Å². The van der Waals surface area contributed by atoms with E-state index in [2.05, 4.69) is 5.32 Å². The number of allylic oxidation sites excluding steroid dienone is 1. The number of amides is 2. The minimum atomic E-state index is -0.457. The average Bonchev–Trinajstić information content (AvgIpc) is 2.74. The van der Waals surface area contributed by atoms with Gasteiger partial charge in [0.25, 0.3) is 0 Å². The van der Waals surface area contributed by atoms with Gasteiger partial charge in [-0.05, 0) is 56.5 Å². The van der Waals surface area contributed by atoms with Crippen molar-refractivity contribution < 1.29 is 19.1 Å². The molecular weight excluding hydrogens is 392 g/mol. The van der Waals surface area contributed by atoms with Crippen molar-refractivity contribution in [1.82, 2.24) is 4.90 Å². The topological polar surface area (TPSA) is 75.7 Å². The Morgan fingerprint density at radius 2 is 1.77 bits per heavy atom.